The number of rotatable bonds is 8. The van der Waals surface area contributed by atoms with Crippen LogP contribution >= 0.6 is 11.8 Å². The van der Waals surface area contributed by atoms with Crippen molar-refractivity contribution in [1.29, 1.82) is 0 Å². The quantitative estimate of drug-likeness (QED) is 0.744. The molecule has 4 heteroatoms. The molecule has 2 atom stereocenters. The molecule has 22 heavy (non-hydrogen) atoms. The summed E-state index contributed by atoms with van der Waals surface area (Å²) in [6.45, 7) is 4.66. The standard InChI is InChI=1S/C18H23NO2S/c1-3-14(2)16-8-4-5-9-17(16)21-12-15(20)13-22-18-10-6-7-11-19-18/h4-11,14-15,20H,3,12-13H2,1-2H3/t14-,15-/m0/s1. The van der Waals surface area contributed by atoms with Gasteiger partial charge in [0.1, 0.15) is 12.4 Å². The summed E-state index contributed by atoms with van der Waals surface area (Å²) in [4.78, 5) is 4.23. The Balaban J connectivity index is 1.85. The highest BCUT2D eigenvalue weighted by Crippen LogP contribution is 2.28. The van der Waals surface area contributed by atoms with E-state index in [1.54, 1.807) is 6.20 Å². The van der Waals surface area contributed by atoms with Crippen molar-refractivity contribution in [3.05, 3.63) is 54.2 Å². The maximum absolute atomic E-state index is 10.1. The second-order valence-corrected chi connectivity index (χ2v) is 6.33. The van der Waals surface area contributed by atoms with Gasteiger partial charge in [-0.25, -0.2) is 4.98 Å². The lowest BCUT2D eigenvalue weighted by Crippen LogP contribution is -2.20. The average molecular weight is 317 g/mol. The van der Waals surface area contributed by atoms with Crippen molar-refractivity contribution in [3.8, 4) is 5.75 Å². The number of aliphatic hydroxyl groups is 1. The van der Waals surface area contributed by atoms with Crippen molar-refractivity contribution >= 4 is 11.8 Å². The van der Waals surface area contributed by atoms with Crippen molar-refractivity contribution in [2.75, 3.05) is 12.4 Å². The number of ether oxygens (including phenoxy) is 1. The van der Waals surface area contributed by atoms with E-state index in [-0.39, 0.29) is 0 Å². The average Bonchev–Trinajstić information content (AvgIpc) is 2.58. The van der Waals surface area contributed by atoms with Crippen molar-refractivity contribution in [2.24, 2.45) is 0 Å². The van der Waals surface area contributed by atoms with Gasteiger partial charge in [-0.2, -0.15) is 0 Å². The summed E-state index contributed by atoms with van der Waals surface area (Å²) in [5.74, 6) is 1.90. The number of pyridine rings is 1. The first kappa shape index (κ1) is 16.8. The van der Waals surface area contributed by atoms with Gasteiger partial charge in [0.2, 0.25) is 0 Å². The summed E-state index contributed by atoms with van der Waals surface area (Å²) in [5.41, 5.74) is 1.20. The van der Waals surface area contributed by atoms with Gasteiger partial charge in [-0.15, -0.1) is 11.8 Å². The monoisotopic (exact) mass is 317 g/mol. The molecular weight excluding hydrogens is 294 g/mol. The second kappa shape index (κ2) is 8.81. The van der Waals surface area contributed by atoms with Gasteiger partial charge in [-0.05, 0) is 36.1 Å². The van der Waals surface area contributed by atoms with Crippen molar-refractivity contribution in [1.82, 2.24) is 4.98 Å². The predicted octanol–water partition coefficient (Wildman–Crippen LogP) is 4.13. The van der Waals surface area contributed by atoms with E-state index in [0.29, 0.717) is 18.3 Å². The number of aliphatic hydroxyl groups excluding tert-OH is 1. The molecule has 1 aromatic heterocycles. The van der Waals surface area contributed by atoms with Crippen LogP contribution in [0.2, 0.25) is 0 Å². The minimum absolute atomic E-state index is 0.299. The highest BCUT2D eigenvalue weighted by molar-refractivity contribution is 7.99. The molecule has 0 spiro atoms. The molecule has 0 radical (unpaired) electrons. The molecule has 1 aromatic carbocycles. The van der Waals surface area contributed by atoms with Crippen LogP contribution in [0.4, 0.5) is 0 Å². The van der Waals surface area contributed by atoms with Gasteiger partial charge in [0, 0.05) is 11.9 Å². The highest BCUT2D eigenvalue weighted by Gasteiger charge is 2.12. The van der Waals surface area contributed by atoms with E-state index in [2.05, 4.69) is 24.9 Å². The van der Waals surface area contributed by atoms with Crippen molar-refractivity contribution in [2.45, 2.75) is 37.3 Å². The van der Waals surface area contributed by atoms with Crippen LogP contribution in [0.15, 0.2) is 53.7 Å². The predicted molar refractivity (Wildman–Crippen MR) is 91.6 cm³/mol. The van der Waals surface area contributed by atoms with E-state index >= 15 is 0 Å². The van der Waals surface area contributed by atoms with Crippen LogP contribution in [0.25, 0.3) is 0 Å². The molecule has 0 fully saturated rings. The van der Waals surface area contributed by atoms with Crippen molar-refractivity contribution < 1.29 is 9.84 Å². The fraction of sp³-hybridized carbons (Fsp3) is 0.389. The molecule has 0 unspecified atom stereocenters. The lowest BCUT2D eigenvalue weighted by molar-refractivity contribution is 0.125. The van der Waals surface area contributed by atoms with E-state index in [9.17, 15) is 5.11 Å². The third-order valence-corrected chi connectivity index (χ3v) is 4.64. The summed E-state index contributed by atoms with van der Waals surface area (Å²) in [7, 11) is 0. The zero-order valence-electron chi connectivity index (χ0n) is 13.1. The third-order valence-electron chi connectivity index (χ3n) is 3.55. The molecular formula is C18H23NO2S. The third kappa shape index (κ3) is 5.04. The second-order valence-electron chi connectivity index (χ2n) is 5.29. The normalized spacial score (nSPS) is 13.6. The van der Waals surface area contributed by atoms with Crippen LogP contribution in [0, 0.1) is 0 Å². The van der Waals surface area contributed by atoms with Gasteiger partial charge in [-0.3, -0.25) is 0 Å². The summed E-state index contributed by atoms with van der Waals surface area (Å²) < 4.78 is 5.83. The summed E-state index contributed by atoms with van der Waals surface area (Å²) >= 11 is 1.54. The molecule has 2 aromatic rings. The Morgan fingerprint density at radius 1 is 1.18 bits per heavy atom. The topological polar surface area (TPSA) is 42.4 Å². The Hall–Kier alpha value is -1.52. The lowest BCUT2D eigenvalue weighted by Gasteiger charge is -2.17. The van der Waals surface area contributed by atoms with E-state index < -0.39 is 6.10 Å². The summed E-state index contributed by atoms with van der Waals surface area (Å²) in [5, 5.41) is 11.0. The maximum Gasteiger partial charge on any atom is 0.122 e. The van der Waals surface area contributed by atoms with E-state index in [1.807, 2.05) is 36.4 Å². The molecule has 0 saturated heterocycles. The molecule has 3 nitrogen and oxygen atoms in total. The Morgan fingerprint density at radius 3 is 2.68 bits per heavy atom. The largest absolute Gasteiger partial charge is 0.491 e. The van der Waals surface area contributed by atoms with Gasteiger partial charge in [0.15, 0.2) is 0 Å². The highest BCUT2D eigenvalue weighted by atomic mass is 32.2. The minimum Gasteiger partial charge on any atom is -0.491 e. The Labute approximate surface area is 136 Å². The number of hydrogen-bond acceptors (Lipinski definition) is 4. The number of aromatic nitrogens is 1. The molecule has 0 saturated carbocycles. The summed E-state index contributed by atoms with van der Waals surface area (Å²) in [6, 6.07) is 13.8. The molecule has 0 aliphatic carbocycles. The van der Waals surface area contributed by atoms with Crippen LogP contribution in [-0.4, -0.2) is 28.6 Å². The summed E-state index contributed by atoms with van der Waals surface area (Å²) in [6.07, 6.45) is 2.31. The molecule has 0 aliphatic heterocycles. The number of benzene rings is 1. The molecule has 2 rings (SSSR count). The van der Waals surface area contributed by atoms with Gasteiger partial charge >= 0.3 is 0 Å². The maximum atomic E-state index is 10.1. The van der Waals surface area contributed by atoms with Crippen LogP contribution < -0.4 is 4.74 Å². The Kier molecular flexibility index (Phi) is 6.74. The van der Waals surface area contributed by atoms with Gasteiger partial charge in [-0.1, -0.05) is 38.1 Å². The fourth-order valence-corrected chi connectivity index (χ4v) is 2.86. The minimum atomic E-state index is -0.517. The molecule has 1 N–H and O–H groups in total. The molecule has 0 bridgehead atoms. The van der Waals surface area contributed by atoms with E-state index in [0.717, 1.165) is 17.2 Å². The molecule has 1 heterocycles. The van der Waals surface area contributed by atoms with Gasteiger partial charge < -0.3 is 9.84 Å². The lowest BCUT2D eigenvalue weighted by atomic mass is 9.98. The SMILES string of the molecule is CC[C@H](C)c1ccccc1OC[C@H](O)CSc1ccccn1. The van der Waals surface area contributed by atoms with Crippen LogP contribution in [0.5, 0.6) is 5.75 Å². The molecule has 0 aliphatic rings. The van der Waals surface area contributed by atoms with Gasteiger partial charge in [0.05, 0.1) is 11.1 Å². The number of nitrogens with zero attached hydrogens (tertiary/aromatic N) is 1. The first-order valence-corrected chi connectivity index (χ1v) is 8.63. The van der Waals surface area contributed by atoms with Crippen molar-refractivity contribution in [3.63, 3.8) is 0 Å². The molecule has 0 amide bonds. The van der Waals surface area contributed by atoms with E-state index in [4.69, 9.17) is 4.74 Å². The first-order valence-electron chi connectivity index (χ1n) is 7.64. The van der Waals surface area contributed by atoms with Crippen LogP contribution in [0.3, 0.4) is 0 Å². The van der Waals surface area contributed by atoms with Crippen LogP contribution in [-0.2, 0) is 0 Å². The zero-order valence-corrected chi connectivity index (χ0v) is 13.9. The van der Waals surface area contributed by atoms with Gasteiger partial charge in [0.25, 0.3) is 0 Å². The fourth-order valence-electron chi connectivity index (χ4n) is 2.09. The Bertz CT molecular complexity index is 562. The zero-order chi connectivity index (χ0) is 15.8. The first-order chi connectivity index (χ1) is 10.7. The number of para-hydroxylation sites is 1. The van der Waals surface area contributed by atoms with Crippen LogP contribution in [0.1, 0.15) is 31.7 Å². The molecule has 118 valence electrons. The number of hydrogen-bond donors (Lipinski definition) is 1. The number of thioether (sulfide) groups is 1. The Morgan fingerprint density at radius 2 is 1.95 bits per heavy atom. The smallest absolute Gasteiger partial charge is 0.122 e. The van der Waals surface area contributed by atoms with E-state index in [1.165, 1.54) is 17.3 Å².